The van der Waals surface area contributed by atoms with Gasteiger partial charge in [-0.1, -0.05) is 0 Å². The summed E-state index contributed by atoms with van der Waals surface area (Å²) in [5.74, 6) is 1.19. The number of pyridine rings is 1. The smallest absolute Gasteiger partial charge is 0.225 e. The molecule has 0 N–H and O–H groups in total. The molecule has 0 spiro atoms. The molecule has 1 saturated heterocycles. The van der Waals surface area contributed by atoms with Crippen LogP contribution in [0.3, 0.4) is 0 Å². The lowest BCUT2D eigenvalue weighted by atomic mass is 10.2. The Morgan fingerprint density at radius 3 is 2.82 bits per heavy atom. The van der Waals surface area contributed by atoms with Crippen LogP contribution in [0.4, 0.5) is 0 Å². The number of rotatable bonds is 4. The predicted octanol–water partition coefficient (Wildman–Crippen LogP) is 1.14. The van der Waals surface area contributed by atoms with Crippen LogP contribution in [0.15, 0.2) is 24.5 Å². The highest BCUT2D eigenvalue weighted by Gasteiger charge is 2.38. The van der Waals surface area contributed by atoms with E-state index in [2.05, 4.69) is 20.4 Å². The van der Waals surface area contributed by atoms with E-state index < -0.39 is 0 Å². The molecule has 0 aromatic carbocycles. The summed E-state index contributed by atoms with van der Waals surface area (Å²) in [4.78, 5) is 19.9. The van der Waals surface area contributed by atoms with Crippen LogP contribution in [0, 0.1) is 5.92 Å². The summed E-state index contributed by atoms with van der Waals surface area (Å²) in [7, 11) is 0. The average molecular weight is 298 g/mol. The summed E-state index contributed by atoms with van der Waals surface area (Å²) < 4.78 is 0. The van der Waals surface area contributed by atoms with Gasteiger partial charge in [0, 0.05) is 30.4 Å². The molecule has 1 saturated carbocycles. The molecule has 7 nitrogen and oxygen atoms in total. The van der Waals surface area contributed by atoms with E-state index in [9.17, 15) is 4.79 Å². The van der Waals surface area contributed by atoms with E-state index in [-0.39, 0.29) is 12.0 Å². The summed E-state index contributed by atoms with van der Waals surface area (Å²) in [6, 6.07) is 3.92. The molecular formula is C15H18N6O. The van der Waals surface area contributed by atoms with Gasteiger partial charge >= 0.3 is 0 Å². The van der Waals surface area contributed by atoms with Gasteiger partial charge in [0.1, 0.15) is 0 Å². The van der Waals surface area contributed by atoms with Gasteiger partial charge in [-0.15, -0.1) is 10.2 Å². The van der Waals surface area contributed by atoms with Gasteiger partial charge < -0.3 is 4.90 Å². The fourth-order valence-electron chi connectivity index (χ4n) is 3.01. The van der Waals surface area contributed by atoms with Crippen LogP contribution in [0.5, 0.6) is 0 Å². The van der Waals surface area contributed by atoms with Crippen molar-refractivity contribution in [2.24, 2.45) is 5.92 Å². The van der Waals surface area contributed by atoms with Crippen molar-refractivity contribution in [3.8, 4) is 11.4 Å². The van der Waals surface area contributed by atoms with Gasteiger partial charge in [-0.25, -0.2) is 0 Å². The molecule has 1 aliphatic heterocycles. The number of tetrazole rings is 1. The maximum absolute atomic E-state index is 12.3. The van der Waals surface area contributed by atoms with E-state index in [0.29, 0.717) is 18.3 Å². The van der Waals surface area contributed by atoms with Gasteiger partial charge in [0.25, 0.3) is 0 Å². The van der Waals surface area contributed by atoms with Gasteiger partial charge in [-0.3, -0.25) is 9.78 Å². The highest BCUT2D eigenvalue weighted by Crippen LogP contribution is 2.33. The molecule has 2 aliphatic rings. The Labute approximate surface area is 128 Å². The zero-order chi connectivity index (χ0) is 14.9. The Morgan fingerprint density at radius 1 is 1.23 bits per heavy atom. The predicted molar refractivity (Wildman–Crippen MR) is 78.5 cm³/mol. The molecule has 0 radical (unpaired) electrons. The van der Waals surface area contributed by atoms with Crippen molar-refractivity contribution in [2.75, 3.05) is 6.54 Å². The third kappa shape index (κ3) is 2.58. The second-order valence-electron chi connectivity index (χ2n) is 6.01. The van der Waals surface area contributed by atoms with Crippen molar-refractivity contribution in [2.45, 2.75) is 38.3 Å². The summed E-state index contributed by atoms with van der Waals surface area (Å²) in [6.07, 6.45) is 7.61. The summed E-state index contributed by atoms with van der Waals surface area (Å²) in [5.41, 5.74) is 0.901. The van der Waals surface area contributed by atoms with Gasteiger partial charge in [-0.2, -0.15) is 4.80 Å². The molecule has 2 fully saturated rings. The minimum atomic E-state index is 0.201. The quantitative estimate of drug-likeness (QED) is 0.846. The maximum Gasteiger partial charge on any atom is 0.225 e. The molecule has 4 rings (SSSR count). The lowest BCUT2D eigenvalue weighted by molar-refractivity contribution is -0.133. The van der Waals surface area contributed by atoms with Crippen LogP contribution in [0.2, 0.25) is 0 Å². The number of hydrogen-bond donors (Lipinski definition) is 0. The molecule has 0 unspecified atom stereocenters. The molecule has 1 aliphatic carbocycles. The van der Waals surface area contributed by atoms with E-state index >= 15 is 0 Å². The van der Waals surface area contributed by atoms with Crippen LogP contribution >= 0.6 is 0 Å². The molecule has 1 amide bonds. The number of amides is 1. The first-order valence-electron chi connectivity index (χ1n) is 7.80. The number of carbonyl (C=O) groups is 1. The standard InChI is InChI=1S/C15H18N6O/c22-15(12-3-4-12)20-9-1-2-13(20)10-21-18-14(17-19-21)11-5-7-16-8-6-11/h5-8,12-13H,1-4,9-10H2/t13-/m0/s1. The zero-order valence-corrected chi connectivity index (χ0v) is 12.3. The third-order valence-corrected chi connectivity index (χ3v) is 4.35. The lowest BCUT2D eigenvalue weighted by Gasteiger charge is -2.24. The number of likely N-dealkylation sites (tertiary alicyclic amines) is 1. The molecule has 3 heterocycles. The molecule has 2 aromatic rings. The van der Waals surface area contributed by atoms with Gasteiger partial charge in [-0.05, 0) is 43.0 Å². The highest BCUT2D eigenvalue weighted by atomic mass is 16.2. The maximum atomic E-state index is 12.3. The largest absolute Gasteiger partial charge is 0.338 e. The second kappa shape index (κ2) is 5.47. The van der Waals surface area contributed by atoms with Gasteiger partial charge in [0.05, 0.1) is 12.6 Å². The Hall–Kier alpha value is -2.31. The van der Waals surface area contributed by atoms with Crippen LogP contribution in [-0.2, 0) is 11.3 Å². The molecule has 114 valence electrons. The fourth-order valence-corrected chi connectivity index (χ4v) is 3.01. The molecule has 0 bridgehead atoms. The number of aromatic nitrogens is 5. The Bertz CT molecular complexity index is 666. The number of hydrogen-bond acceptors (Lipinski definition) is 5. The summed E-state index contributed by atoms with van der Waals surface area (Å²) in [5, 5.41) is 12.7. The molecule has 7 heteroatoms. The molecule has 22 heavy (non-hydrogen) atoms. The van der Waals surface area contributed by atoms with E-state index in [4.69, 9.17) is 0 Å². The third-order valence-electron chi connectivity index (χ3n) is 4.35. The van der Waals surface area contributed by atoms with Crippen LogP contribution in [0.1, 0.15) is 25.7 Å². The van der Waals surface area contributed by atoms with E-state index in [1.165, 1.54) is 0 Å². The van der Waals surface area contributed by atoms with E-state index in [1.807, 2.05) is 17.0 Å². The number of carbonyl (C=O) groups excluding carboxylic acids is 1. The van der Waals surface area contributed by atoms with Crippen molar-refractivity contribution in [1.29, 1.82) is 0 Å². The SMILES string of the molecule is O=C(C1CC1)N1CCC[C@H]1Cn1nnc(-c2ccncc2)n1. The summed E-state index contributed by atoms with van der Waals surface area (Å²) >= 11 is 0. The Kier molecular flexibility index (Phi) is 3.32. The number of nitrogens with zero attached hydrogens (tertiary/aromatic N) is 6. The summed E-state index contributed by atoms with van der Waals surface area (Å²) in [6.45, 7) is 1.49. The molecule has 1 atom stereocenters. The average Bonchev–Trinajstić information content (AvgIpc) is 3.13. The van der Waals surface area contributed by atoms with Crippen molar-refractivity contribution in [1.82, 2.24) is 30.1 Å². The first kappa shape index (κ1) is 13.4. The fraction of sp³-hybridized carbons (Fsp3) is 0.533. The van der Waals surface area contributed by atoms with Crippen molar-refractivity contribution >= 4 is 5.91 Å². The molecule has 2 aromatic heterocycles. The van der Waals surface area contributed by atoms with Crippen LogP contribution in [0.25, 0.3) is 11.4 Å². The second-order valence-corrected chi connectivity index (χ2v) is 6.01. The van der Waals surface area contributed by atoms with Crippen molar-refractivity contribution in [3.05, 3.63) is 24.5 Å². The lowest BCUT2D eigenvalue weighted by Crippen LogP contribution is -2.39. The first-order valence-corrected chi connectivity index (χ1v) is 7.80. The normalized spacial score (nSPS) is 21.3. The Morgan fingerprint density at radius 2 is 2.05 bits per heavy atom. The monoisotopic (exact) mass is 298 g/mol. The minimum absolute atomic E-state index is 0.201. The first-order chi connectivity index (χ1) is 10.8. The van der Waals surface area contributed by atoms with Crippen LogP contribution in [-0.4, -0.2) is 48.6 Å². The topological polar surface area (TPSA) is 76.8 Å². The van der Waals surface area contributed by atoms with Crippen LogP contribution < -0.4 is 0 Å². The Balaban J connectivity index is 1.47. The van der Waals surface area contributed by atoms with Gasteiger partial charge in [0.2, 0.25) is 11.7 Å². The van der Waals surface area contributed by atoms with Crippen molar-refractivity contribution in [3.63, 3.8) is 0 Å². The van der Waals surface area contributed by atoms with E-state index in [0.717, 1.165) is 37.8 Å². The van der Waals surface area contributed by atoms with Gasteiger partial charge in [0.15, 0.2) is 0 Å². The minimum Gasteiger partial charge on any atom is -0.338 e. The van der Waals surface area contributed by atoms with E-state index in [1.54, 1.807) is 17.2 Å². The van der Waals surface area contributed by atoms with Crippen molar-refractivity contribution < 1.29 is 4.79 Å². The molecular weight excluding hydrogens is 280 g/mol. The zero-order valence-electron chi connectivity index (χ0n) is 12.3. The highest BCUT2D eigenvalue weighted by molar-refractivity contribution is 5.81.